The highest BCUT2D eigenvalue weighted by Gasteiger charge is 2.28. The van der Waals surface area contributed by atoms with Crippen LogP contribution in [0.1, 0.15) is 70.8 Å². The van der Waals surface area contributed by atoms with Crippen LogP contribution in [0.4, 0.5) is 0 Å². The van der Waals surface area contributed by atoms with Gasteiger partial charge in [-0.2, -0.15) is 0 Å². The van der Waals surface area contributed by atoms with Crippen LogP contribution in [-0.4, -0.2) is 28.9 Å². The Balaban J connectivity index is 1.99. The standard InChI is InChI=1S/C24H32O4/c1-4-7-20(14-23(26)27)19-9-11-22(12-10-19)28-17-18-8-6-13-24(3,15-18)16-21(25)5-2/h9-12,15,20-21,25H,5-6,8,13-14,16-17H2,1-3H3,(H,26,27)/t20-,21-,24+/m0/s1. The van der Waals surface area contributed by atoms with Gasteiger partial charge in [-0.1, -0.05) is 38.0 Å². The first kappa shape index (κ1) is 22.0. The molecule has 1 aromatic rings. The largest absolute Gasteiger partial charge is 0.489 e. The zero-order valence-corrected chi connectivity index (χ0v) is 17.2. The maximum Gasteiger partial charge on any atom is 0.304 e. The number of aliphatic hydroxyl groups is 1. The van der Waals surface area contributed by atoms with E-state index in [-0.39, 0.29) is 23.9 Å². The normalized spacial score (nSPS) is 21.1. The predicted molar refractivity (Wildman–Crippen MR) is 111 cm³/mol. The third-order valence-electron chi connectivity index (χ3n) is 5.38. The number of carbonyl (C=O) groups is 1. The Bertz CT molecular complexity index is 738. The summed E-state index contributed by atoms with van der Waals surface area (Å²) >= 11 is 0. The molecule has 1 aliphatic rings. The van der Waals surface area contributed by atoms with Gasteiger partial charge in [0.25, 0.3) is 0 Å². The van der Waals surface area contributed by atoms with Crippen molar-refractivity contribution in [2.75, 3.05) is 6.61 Å². The third-order valence-corrected chi connectivity index (χ3v) is 5.38. The van der Waals surface area contributed by atoms with Crippen molar-refractivity contribution in [3.05, 3.63) is 41.5 Å². The minimum Gasteiger partial charge on any atom is -0.489 e. The molecular weight excluding hydrogens is 352 g/mol. The molecule has 1 aromatic carbocycles. The Kier molecular flexibility index (Phi) is 8.14. The first-order valence-corrected chi connectivity index (χ1v) is 10.1. The van der Waals surface area contributed by atoms with E-state index in [1.807, 2.05) is 31.2 Å². The van der Waals surface area contributed by atoms with Crippen molar-refractivity contribution in [3.8, 4) is 17.6 Å². The minimum absolute atomic E-state index is 0.00385. The maximum atomic E-state index is 11.0. The van der Waals surface area contributed by atoms with E-state index in [4.69, 9.17) is 9.84 Å². The highest BCUT2D eigenvalue weighted by atomic mass is 16.5. The smallest absolute Gasteiger partial charge is 0.304 e. The third kappa shape index (κ3) is 6.73. The number of allylic oxidation sites excluding steroid dienone is 1. The summed E-state index contributed by atoms with van der Waals surface area (Å²) in [6, 6.07) is 7.55. The Morgan fingerprint density at radius 3 is 2.64 bits per heavy atom. The summed E-state index contributed by atoms with van der Waals surface area (Å²) in [4.78, 5) is 11.0. The molecular formula is C24H32O4. The van der Waals surface area contributed by atoms with E-state index in [1.54, 1.807) is 6.92 Å². The molecule has 0 radical (unpaired) electrons. The molecule has 0 aliphatic heterocycles. The van der Waals surface area contributed by atoms with Crippen LogP contribution in [0, 0.1) is 17.3 Å². The Labute approximate surface area is 168 Å². The topological polar surface area (TPSA) is 66.8 Å². The number of aliphatic carboxylic acids is 1. The first-order chi connectivity index (χ1) is 13.3. The lowest BCUT2D eigenvalue weighted by Crippen LogP contribution is -2.25. The molecule has 0 saturated carbocycles. The average molecular weight is 385 g/mol. The van der Waals surface area contributed by atoms with Crippen molar-refractivity contribution in [3.63, 3.8) is 0 Å². The Hall–Kier alpha value is -2.25. The number of hydrogen-bond acceptors (Lipinski definition) is 3. The summed E-state index contributed by atoms with van der Waals surface area (Å²) in [5.74, 6) is 5.38. The lowest BCUT2D eigenvalue weighted by Gasteiger charge is -2.33. The molecule has 0 heterocycles. The van der Waals surface area contributed by atoms with Crippen LogP contribution in [0.5, 0.6) is 5.75 Å². The van der Waals surface area contributed by atoms with Crippen LogP contribution in [-0.2, 0) is 4.79 Å². The maximum absolute atomic E-state index is 11.0. The van der Waals surface area contributed by atoms with Crippen LogP contribution in [0.25, 0.3) is 0 Å². The fourth-order valence-electron chi connectivity index (χ4n) is 3.89. The van der Waals surface area contributed by atoms with Gasteiger partial charge < -0.3 is 14.9 Å². The number of aliphatic hydroxyl groups excluding tert-OH is 1. The van der Waals surface area contributed by atoms with Gasteiger partial charge in [-0.05, 0) is 67.7 Å². The molecule has 1 aliphatic carbocycles. The predicted octanol–water partition coefficient (Wildman–Crippen LogP) is 4.92. The van der Waals surface area contributed by atoms with E-state index >= 15 is 0 Å². The van der Waals surface area contributed by atoms with Crippen LogP contribution in [0.15, 0.2) is 35.9 Å². The molecule has 28 heavy (non-hydrogen) atoms. The number of hydrogen-bond donors (Lipinski definition) is 2. The van der Waals surface area contributed by atoms with Gasteiger partial charge in [0.15, 0.2) is 0 Å². The zero-order valence-electron chi connectivity index (χ0n) is 17.2. The van der Waals surface area contributed by atoms with Crippen LogP contribution in [0.3, 0.4) is 0 Å². The van der Waals surface area contributed by atoms with Gasteiger partial charge >= 0.3 is 5.97 Å². The lowest BCUT2D eigenvalue weighted by atomic mass is 9.74. The van der Waals surface area contributed by atoms with Crippen LogP contribution in [0.2, 0.25) is 0 Å². The molecule has 2 N–H and O–H groups in total. The van der Waals surface area contributed by atoms with E-state index in [0.717, 1.165) is 43.4 Å². The number of rotatable bonds is 9. The van der Waals surface area contributed by atoms with Crippen LogP contribution < -0.4 is 4.74 Å². The number of ether oxygens (including phenoxy) is 1. The summed E-state index contributed by atoms with van der Waals surface area (Å²) in [6.07, 6.45) is 6.87. The van der Waals surface area contributed by atoms with E-state index in [1.165, 1.54) is 5.57 Å². The molecule has 4 heteroatoms. The van der Waals surface area contributed by atoms with Gasteiger partial charge in [0.2, 0.25) is 0 Å². The van der Waals surface area contributed by atoms with Crippen molar-refractivity contribution in [2.45, 2.75) is 71.3 Å². The lowest BCUT2D eigenvalue weighted by molar-refractivity contribution is -0.137. The van der Waals surface area contributed by atoms with Crippen molar-refractivity contribution < 1.29 is 19.7 Å². The second-order valence-corrected chi connectivity index (χ2v) is 7.98. The summed E-state index contributed by atoms with van der Waals surface area (Å²) in [7, 11) is 0. The molecule has 152 valence electrons. The number of carboxylic acids is 1. The van der Waals surface area contributed by atoms with Crippen molar-refractivity contribution in [1.29, 1.82) is 0 Å². The highest BCUT2D eigenvalue weighted by molar-refractivity contribution is 5.69. The average Bonchev–Trinajstić information content (AvgIpc) is 2.66. The van der Waals surface area contributed by atoms with E-state index in [2.05, 4.69) is 24.8 Å². The molecule has 0 fully saturated rings. The molecule has 3 atom stereocenters. The molecule has 4 nitrogen and oxygen atoms in total. The van der Waals surface area contributed by atoms with Gasteiger partial charge in [0, 0.05) is 0 Å². The van der Waals surface area contributed by atoms with Gasteiger partial charge in [0.05, 0.1) is 18.4 Å². The summed E-state index contributed by atoms with van der Waals surface area (Å²) in [6.45, 7) is 6.50. The van der Waals surface area contributed by atoms with Gasteiger partial charge in [-0.3, -0.25) is 4.79 Å². The molecule has 2 rings (SSSR count). The van der Waals surface area contributed by atoms with Gasteiger partial charge in [-0.15, -0.1) is 5.92 Å². The van der Waals surface area contributed by atoms with Gasteiger partial charge in [-0.25, -0.2) is 0 Å². The quantitative estimate of drug-likeness (QED) is 0.468. The van der Waals surface area contributed by atoms with Gasteiger partial charge in [0.1, 0.15) is 12.4 Å². The van der Waals surface area contributed by atoms with Crippen molar-refractivity contribution in [2.24, 2.45) is 5.41 Å². The van der Waals surface area contributed by atoms with Crippen LogP contribution >= 0.6 is 0 Å². The molecule has 0 amide bonds. The monoisotopic (exact) mass is 384 g/mol. The number of benzene rings is 1. The number of carboxylic acid groups (broad SMARTS) is 1. The second kappa shape index (κ2) is 10.3. The summed E-state index contributed by atoms with van der Waals surface area (Å²) < 4.78 is 5.96. The molecule has 0 spiro atoms. The summed E-state index contributed by atoms with van der Waals surface area (Å²) in [5, 5.41) is 19.1. The fourth-order valence-corrected chi connectivity index (χ4v) is 3.89. The fraction of sp³-hybridized carbons (Fsp3) is 0.542. The van der Waals surface area contributed by atoms with Crippen molar-refractivity contribution in [1.82, 2.24) is 0 Å². The van der Waals surface area contributed by atoms with E-state index < -0.39 is 5.97 Å². The Morgan fingerprint density at radius 1 is 1.32 bits per heavy atom. The van der Waals surface area contributed by atoms with E-state index in [0.29, 0.717) is 6.61 Å². The molecule has 0 aromatic heterocycles. The Morgan fingerprint density at radius 2 is 2.04 bits per heavy atom. The molecule has 0 bridgehead atoms. The molecule has 0 saturated heterocycles. The van der Waals surface area contributed by atoms with E-state index in [9.17, 15) is 9.90 Å². The second-order valence-electron chi connectivity index (χ2n) is 7.98. The van der Waals surface area contributed by atoms with Crippen molar-refractivity contribution >= 4 is 5.97 Å². The summed E-state index contributed by atoms with van der Waals surface area (Å²) in [5.41, 5.74) is 2.21. The zero-order chi connectivity index (χ0) is 20.6. The minimum atomic E-state index is -0.853. The SMILES string of the molecule is CC#C[C@@H](CC(=O)O)c1ccc(OCC2=C[C@](C)(C[C@@H](O)CC)CCC2)cc1. The molecule has 0 unspecified atom stereocenters. The highest BCUT2D eigenvalue weighted by Crippen LogP contribution is 2.38. The first-order valence-electron chi connectivity index (χ1n) is 10.1.